The average molecular weight is 257 g/mol. The van der Waals surface area contributed by atoms with E-state index in [0.717, 1.165) is 19.5 Å². The maximum atomic E-state index is 11.7. The van der Waals surface area contributed by atoms with Crippen molar-refractivity contribution in [3.05, 3.63) is 0 Å². The van der Waals surface area contributed by atoms with Gasteiger partial charge in [0.1, 0.15) is 5.54 Å². The molecule has 0 aromatic rings. The average Bonchev–Trinajstić information content (AvgIpc) is 2.24. The van der Waals surface area contributed by atoms with Gasteiger partial charge in [-0.2, -0.15) is 0 Å². The Labute approximate surface area is 112 Å². The van der Waals surface area contributed by atoms with E-state index in [0.29, 0.717) is 18.5 Å². The van der Waals surface area contributed by atoms with E-state index >= 15 is 0 Å². The molecule has 3 N–H and O–H groups in total. The SMILES string of the molecule is CCCNC(C)(CN(CC(C)C)C(C)C)C(N)=O. The molecule has 0 aliphatic rings. The number of primary amides is 1. The molecule has 0 aromatic carbocycles. The Morgan fingerprint density at radius 3 is 2.22 bits per heavy atom. The fraction of sp³-hybridized carbons (Fsp3) is 0.929. The molecule has 1 atom stereocenters. The van der Waals surface area contributed by atoms with Crippen LogP contribution in [0, 0.1) is 5.92 Å². The maximum absolute atomic E-state index is 11.7. The second kappa shape index (κ2) is 7.74. The van der Waals surface area contributed by atoms with Crippen LogP contribution < -0.4 is 11.1 Å². The Hall–Kier alpha value is -0.610. The first-order valence-electron chi connectivity index (χ1n) is 7.02. The predicted octanol–water partition coefficient (Wildman–Crippen LogP) is 1.60. The molecular weight excluding hydrogens is 226 g/mol. The summed E-state index contributed by atoms with van der Waals surface area (Å²) in [6.07, 6.45) is 0.995. The van der Waals surface area contributed by atoms with E-state index in [9.17, 15) is 4.79 Å². The van der Waals surface area contributed by atoms with Crippen molar-refractivity contribution in [1.82, 2.24) is 10.2 Å². The molecule has 0 bridgehead atoms. The number of nitrogens with zero attached hydrogens (tertiary/aromatic N) is 1. The number of carbonyl (C=O) groups excluding carboxylic acids is 1. The van der Waals surface area contributed by atoms with Crippen LogP contribution in [0.3, 0.4) is 0 Å². The lowest BCUT2D eigenvalue weighted by Crippen LogP contribution is -2.60. The quantitative estimate of drug-likeness (QED) is 0.659. The van der Waals surface area contributed by atoms with Gasteiger partial charge in [0.2, 0.25) is 5.91 Å². The molecule has 0 aliphatic carbocycles. The van der Waals surface area contributed by atoms with E-state index < -0.39 is 5.54 Å². The number of carbonyl (C=O) groups is 1. The molecule has 4 heteroatoms. The lowest BCUT2D eigenvalue weighted by molar-refractivity contribution is -0.124. The molecule has 1 unspecified atom stereocenters. The van der Waals surface area contributed by atoms with E-state index in [1.165, 1.54) is 0 Å². The number of rotatable bonds is 9. The zero-order valence-corrected chi connectivity index (χ0v) is 12.9. The highest BCUT2D eigenvalue weighted by atomic mass is 16.1. The van der Waals surface area contributed by atoms with Crippen molar-refractivity contribution in [2.75, 3.05) is 19.6 Å². The molecule has 0 aliphatic heterocycles. The Morgan fingerprint density at radius 1 is 1.33 bits per heavy atom. The summed E-state index contributed by atoms with van der Waals surface area (Å²) in [5.41, 5.74) is 4.92. The Morgan fingerprint density at radius 2 is 1.89 bits per heavy atom. The normalized spacial score (nSPS) is 15.4. The van der Waals surface area contributed by atoms with Gasteiger partial charge in [0.25, 0.3) is 0 Å². The molecule has 18 heavy (non-hydrogen) atoms. The smallest absolute Gasteiger partial charge is 0.238 e. The van der Waals surface area contributed by atoms with Crippen molar-refractivity contribution in [3.63, 3.8) is 0 Å². The number of amides is 1. The van der Waals surface area contributed by atoms with Gasteiger partial charge in [-0.1, -0.05) is 20.8 Å². The second-order valence-corrected chi connectivity index (χ2v) is 6.04. The van der Waals surface area contributed by atoms with Crippen LogP contribution in [0.5, 0.6) is 0 Å². The molecule has 0 saturated carbocycles. The van der Waals surface area contributed by atoms with E-state index in [1.54, 1.807) is 0 Å². The van der Waals surface area contributed by atoms with Gasteiger partial charge in [-0.3, -0.25) is 9.69 Å². The highest BCUT2D eigenvalue weighted by molar-refractivity contribution is 5.84. The molecule has 1 amide bonds. The Bertz CT molecular complexity index is 253. The monoisotopic (exact) mass is 257 g/mol. The molecule has 108 valence electrons. The molecule has 0 spiro atoms. The third-order valence-corrected chi connectivity index (χ3v) is 3.16. The summed E-state index contributed by atoms with van der Waals surface area (Å²) in [6.45, 7) is 15.1. The third kappa shape index (κ3) is 5.83. The van der Waals surface area contributed by atoms with Crippen molar-refractivity contribution in [1.29, 1.82) is 0 Å². The number of hydrogen-bond donors (Lipinski definition) is 2. The van der Waals surface area contributed by atoms with Gasteiger partial charge in [-0.05, 0) is 39.7 Å². The fourth-order valence-electron chi connectivity index (χ4n) is 1.95. The van der Waals surface area contributed by atoms with E-state index in [2.05, 4.69) is 44.8 Å². The van der Waals surface area contributed by atoms with Crippen molar-refractivity contribution in [2.24, 2.45) is 11.7 Å². The van der Waals surface area contributed by atoms with Gasteiger partial charge < -0.3 is 11.1 Å². The summed E-state index contributed by atoms with van der Waals surface area (Å²) in [5, 5.41) is 3.29. The van der Waals surface area contributed by atoms with Crippen LogP contribution in [-0.2, 0) is 4.79 Å². The Kier molecular flexibility index (Phi) is 7.48. The minimum Gasteiger partial charge on any atom is -0.368 e. The van der Waals surface area contributed by atoms with E-state index in [1.807, 2.05) is 6.92 Å². The van der Waals surface area contributed by atoms with Gasteiger partial charge in [-0.15, -0.1) is 0 Å². The van der Waals surface area contributed by atoms with Gasteiger partial charge >= 0.3 is 0 Å². The summed E-state index contributed by atoms with van der Waals surface area (Å²) >= 11 is 0. The van der Waals surface area contributed by atoms with Crippen molar-refractivity contribution in [3.8, 4) is 0 Å². The van der Waals surface area contributed by atoms with Gasteiger partial charge in [0.15, 0.2) is 0 Å². The van der Waals surface area contributed by atoms with Crippen LogP contribution >= 0.6 is 0 Å². The highest BCUT2D eigenvalue weighted by Gasteiger charge is 2.33. The van der Waals surface area contributed by atoms with Crippen LogP contribution in [0.2, 0.25) is 0 Å². The van der Waals surface area contributed by atoms with Crippen molar-refractivity contribution < 1.29 is 4.79 Å². The number of nitrogens with two attached hydrogens (primary N) is 1. The molecule has 0 aromatic heterocycles. The van der Waals surface area contributed by atoms with Crippen molar-refractivity contribution >= 4 is 5.91 Å². The Balaban J connectivity index is 4.75. The van der Waals surface area contributed by atoms with E-state index in [-0.39, 0.29) is 5.91 Å². The first-order valence-corrected chi connectivity index (χ1v) is 7.02. The van der Waals surface area contributed by atoms with Crippen molar-refractivity contribution in [2.45, 2.75) is 59.5 Å². The lowest BCUT2D eigenvalue weighted by Gasteiger charge is -2.37. The summed E-state index contributed by atoms with van der Waals surface area (Å²) in [6, 6.07) is 0.412. The zero-order chi connectivity index (χ0) is 14.3. The second-order valence-electron chi connectivity index (χ2n) is 6.04. The zero-order valence-electron chi connectivity index (χ0n) is 12.9. The summed E-state index contributed by atoms with van der Waals surface area (Å²) in [5.74, 6) is 0.307. The topological polar surface area (TPSA) is 58.4 Å². The van der Waals surface area contributed by atoms with E-state index in [4.69, 9.17) is 5.73 Å². The van der Waals surface area contributed by atoms with Gasteiger partial charge in [-0.25, -0.2) is 0 Å². The van der Waals surface area contributed by atoms with Crippen LogP contribution in [0.25, 0.3) is 0 Å². The molecule has 0 rings (SSSR count). The number of hydrogen-bond acceptors (Lipinski definition) is 3. The predicted molar refractivity (Wildman–Crippen MR) is 77.4 cm³/mol. The largest absolute Gasteiger partial charge is 0.368 e. The van der Waals surface area contributed by atoms with Crippen LogP contribution in [0.4, 0.5) is 0 Å². The molecular formula is C14H31N3O. The highest BCUT2D eigenvalue weighted by Crippen LogP contribution is 2.12. The maximum Gasteiger partial charge on any atom is 0.238 e. The van der Waals surface area contributed by atoms with Crippen LogP contribution in [-0.4, -0.2) is 42.0 Å². The first-order chi connectivity index (χ1) is 8.23. The standard InChI is InChI=1S/C14H31N3O/c1-7-8-16-14(6,13(15)18)10-17(12(4)5)9-11(2)3/h11-12,16H,7-10H2,1-6H3,(H2,15,18). The summed E-state index contributed by atoms with van der Waals surface area (Å²) < 4.78 is 0. The van der Waals surface area contributed by atoms with Crippen LogP contribution in [0.15, 0.2) is 0 Å². The summed E-state index contributed by atoms with van der Waals surface area (Å²) in [4.78, 5) is 14.0. The first kappa shape index (κ1) is 17.4. The molecule has 0 fully saturated rings. The minimum atomic E-state index is -0.644. The van der Waals surface area contributed by atoms with Crippen LogP contribution in [0.1, 0.15) is 48.0 Å². The molecule has 0 saturated heterocycles. The molecule has 0 heterocycles. The lowest BCUT2D eigenvalue weighted by atomic mass is 9.98. The molecule has 0 radical (unpaired) electrons. The summed E-state index contributed by atoms with van der Waals surface area (Å²) in [7, 11) is 0. The third-order valence-electron chi connectivity index (χ3n) is 3.16. The molecule has 4 nitrogen and oxygen atoms in total. The van der Waals surface area contributed by atoms with Gasteiger partial charge in [0, 0.05) is 19.1 Å². The van der Waals surface area contributed by atoms with Gasteiger partial charge in [0.05, 0.1) is 0 Å². The fourth-order valence-corrected chi connectivity index (χ4v) is 1.95. The minimum absolute atomic E-state index is 0.273. The number of nitrogens with one attached hydrogen (secondary N) is 1.